The number of nitrogens with zero attached hydrogens (tertiary/aromatic N) is 3. The van der Waals surface area contributed by atoms with E-state index in [0.29, 0.717) is 33.8 Å². The van der Waals surface area contributed by atoms with Gasteiger partial charge in [-0.2, -0.15) is 0 Å². The molecule has 1 aromatic carbocycles. The zero-order valence-corrected chi connectivity index (χ0v) is 24.2. The van der Waals surface area contributed by atoms with Crippen molar-refractivity contribution in [3.8, 4) is 0 Å². The second-order valence-corrected chi connectivity index (χ2v) is 11.5. The maximum absolute atomic E-state index is 15.1. The lowest BCUT2D eigenvalue weighted by Gasteiger charge is -2.39. The average Bonchev–Trinajstić information content (AvgIpc) is 3.31. The van der Waals surface area contributed by atoms with Crippen molar-refractivity contribution >= 4 is 35.2 Å². The molecule has 0 bridgehead atoms. The van der Waals surface area contributed by atoms with E-state index in [0.717, 1.165) is 0 Å². The molecule has 0 saturated heterocycles. The number of fused-ring (bicyclic) bond motifs is 3. The first kappa shape index (κ1) is 28.9. The van der Waals surface area contributed by atoms with Crippen LogP contribution < -0.4 is 4.90 Å². The van der Waals surface area contributed by atoms with E-state index in [1.165, 1.54) is 24.1 Å². The summed E-state index contributed by atoms with van der Waals surface area (Å²) in [4.78, 5) is 54.0. The van der Waals surface area contributed by atoms with Crippen molar-refractivity contribution < 1.29 is 38.1 Å². The fourth-order valence-corrected chi connectivity index (χ4v) is 5.89. The van der Waals surface area contributed by atoms with Gasteiger partial charge in [0.25, 0.3) is 0 Å². The SMILES string of the molecule is CC[C@@]1(O)C(=C=O)OCC2=C1C=C1C3=C(CN1C2=C=O)N(C)c1c(CN(C)C(=O)OC(C)(C)C)cc(F)cc1C3=C=O. The van der Waals surface area contributed by atoms with E-state index in [9.17, 15) is 24.3 Å². The third kappa shape index (κ3) is 4.31. The van der Waals surface area contributed by atoms with Crippen LogP contribution in [0.1, 0.15) is 45.2 Å². The van der Waals surface area contributed by atoms with E-state index in [1.54, 1.807) is 56.6 Å². The van der Waals surface area contributed by atoms with Gasteiger partial charge < -0.3 is 29.3 Å². The summed E-state index contributed by atoms with van der Waals surface area (Å²) in [6.07, 6.45) is 1.07. The van der Waals surface area contributed by atoms with Gasteiger partial charge in [-0.15, -0.1) is 0 Å². The molecule has 0 unspecified atom stereocenters. The number of amides is 1. The van der Waals surface area contributed by atoms with E-state index in [1.807, 2.05) is 11.9 Å². The molecule has 42 heavy (non-hydrogen) atoms. The molecule has 5 rings (SSSR count). The minimum Gasteiger partial charge on any atom is -0.479 e. The van der Waals surface area contributed by atoms with E-state index in [4.69, 9.17) is 9.47 Å². The van der Waals surface area contributed by atoms with Gasteiger partial charge in [-0.25, -0.2) is 23.6 Å². The normalized spacial score (nSPS) is 21.0. The minimum atomic E-state index is -1.85. The van der Waals surface area contributed by atoms with E-state index in [-0.39, 0.29) is 54.3 Å². The van der Waals surface area contributed by atoms with Gasteiger partial charge in [-0.3, -0.25) is 0 Å². The molecule has 1 aromatic rings. The first-order valence-electron chi connectivity index (χ1n) is 13.4. The van der Waals surface area contributed by atoms with Gasteiger partial charge in [0, 0.05) is 42.1 Å². The molecule has 4 heterocycles. The highest BCUT2D eigenvalue weighted by Gasteiger charge is 2.49. The van der Waals surface area contributed by atoms with Gasteiger partial charge in [0.15, 0.2) is 17.5 Å². The van der Waals surface area contributed by atoms with Gasteiger partial charge in [0.2, 0.25) is 5.76 Å². The predicted molar refractivity (Wildman–Crippen MR) is 150 cm³/mol. The Morgan fingerprint density at radius 2 is 1.93 bits per heavy atom. The molecule has 0 aliphatic carbocycles. The van der Waals surface area contributed by atoms with Crippen LogP contribution in [-0.4, -0.2) is 77.3 Å². The maximum atomic E-state index is 15.1. The summed E-state index contributed by atoms with van der Waals surface area (Å²) in [5.74, 6) is 4.66. The molecule has 0 radical (unpaired) electrons. The van der Waals surface area contributed by atoms with Crippen molar-refractivity contribution in [2.24, 2.45) is 0 Å². The second-order valence-electron chi connectivity index (χ2n) is 11.5. The molecule has 1 atom stereocenters. The Balaban J connectivity index is 1.65. The Morgan fingerprint density at radius 3 is 2.52 bits per heavy atom. The molecule has 0 saturated carbocycles. The molecular weight excluding hydrogens is 545 g/mol. The molecular formula is C31H30FN3O7. The summed E-state index contributed by atoms with van der Waals surface area (Å²) >= 11 is 0. The molecule has 0 spiro atoms. The molecule has 11 heteroatoms. The van der Waals surface area contributed by atoms with Crippen LogP contribution in [-0.2, 0) is 30.4 Å². The van der Waals surface area contributed by atoms with E-state index in [2.05, 4.69) is 0 Å². The summed E-state index contributed by atoms with van der Waals surface area (Å²) in [5, 5.41) is 11.5. The summed E-state index contributed by atoms with van der Waals surface area (Å²) < 4.78 is 26.0. The highest BCUT2D eigenvalue weighted by molar-refractivity contribution is 6.07. The zero-order chi connectivity index (χ0) is 30.7. The van der Waals surface area contributed by atoms with Gasteiger partial charge in [0.05, 0.1) is 30.0 Å². The van der Waals surface area contributed by atoms with Crippen LogP contribution in [0.25, 0.3) is 5.57 Å². The number of halogens is 1. The van der Waals surface area contributed by atoms with Gasteiger partial charge in [-0.05, 0) is 51.0 Å². The van der Waals surface area contributed by atoms with Crippen molar-refractivity contribution in [1.29, 1.82) is 0 Å². The van der Waals surface area contributed by atoms with Crippen LogP contribution in [0, 0.1) is 5.82 Å². The summed E-state index contributed by atoms with van der Waals surface area (Å²) in [5.41, 5.74) is 0.783. The highest BCUT2D eigenvalue weighted by atomic mass is 19.1. The Labute approximate surface area is 242 Å². The monoisotopic (exact) mass is 575 g/mol. The molecule has 1 amide bonds. The smallest absolute Gasteiger partial charge is 0.410 e. The number of benzene rings is 1. The van der Waals surface area contributed by atoms with Gasteiger partial charge in [-0.1, -0.05) is 6.92 Å². The van der Waals surface area contributed by atoms with Crippen molar-refractivity contribution in [3.05, 3.63) is 74.7 Å². The largest absolute Gasteiger partial charge is 0.479 e. The zero-order valence-electron chi connectivity index (χ0n) is 24.2. The molecule has 4 aliphatic heterocycles. The van der Waals surface area contributed by atoms with E-state index >= 15 is 4.39 Å². The first-order valence-corrected chi connectivity index (χ1v) is 13.4. The molecule has 1 N–H and O–H groups in total. The average molecular weight is 576 g/mol. The summed E-state index contributed by atoms with van der Waals surface area (Å²) in [6.45, 7) is 6.86. The molecule has 218 valence electrons. The molecule has 4 aliphatic rings. The number of hydrogen-bond donors (Lipinski definition) is 1. The Morgan fingerprint density at radius 1 is 1.21 bits per heavy atom. The Bertz CT molecular complexity index is 1680. The standard InChI is InChI=1S/C31H30FN3O7/c1-7-31(40)22-10-23-27-20(13-36)19-9-18(32)8-17(11-33(5)29(39)42-30(2,3)4)28(19)34(6)24(27)12-35(23)25(14-37)21(22)16-41-26(31)15-38/h8-10,40H,7,11-12,16H2,1-6H3/t31-/m0/s1. The van der Waals surface area contributed by atoms with Crippen molar-refractivity contribution in [3.63, 3.8) is 0 Å². The van der Waals surface area contributed by atoms with Crippen LogP contribution in [0.5, 0.6) is 0 Å². The van der Waals surface area contributed by atoms with Crippen molar-refractivity contribution in [2.75, 3.05) is 32.1 Å². The minimum absolute atomic E-state index is 0.0163. The van der Waals surface area contributed by atoms with Crippen LogP contribution in [0.3, 0.4) is 0 Å². The lowest BCUT2D eigenvalue weighted by Crippen LogP contribution is -2.42. The lowest BCUT2D eigenvalue weighted by molar-refractivity contribution is 0.0284. The number of carbonyl (C=O) groups excluding carboxylic acids is 4. The number of likely N-dealkylation sites (N-methyl/N-ethyl adjacent to an activating group) is 1. The highest BCUT2D eigenvalue weighted by Crippen LogP contribution is 2.52. The third-order valence-electron chi connectivity index (χ3n) is 7.82. The number of rotatable bonds is 3. The quantitative estimate of drug-likeness (QED) is 0.543. The number of anilines is 1. The predicted octanol–water partition coefficient (Wildman–Crippen LogP) is 3.22. The van der Waals surface area contributed by atoms with Crippen LogP contribution in [0.2, 0.25) is 0 Å². The number of hydrogen-bond acceptors (Lipinski definition) is 9. The molecule has 0 aromatic heterocycles. The second kappa shape index (κ2) is 10.0. The van der Waals surface area contributed by atoms with Crippen LogP contribution in [0.4, 0.5) is 14.9 Å². The van der Waals surface area contributed by atoms with Gasteiger partial charge >= 0.3 is 6.09 Å². The number of aliphatic hydroxyl groups is 1. The molecule has 10 nitrogen and oxygen atoms in total. The number of ether oxygens (including phenoxy) is 2. The number of carbonyl (C=O) groups is 1. The summed E-state index contributed by atoms with van der Waals surface area (Å²) in [6, 6.07) is 2.53. The topological polar surface area (TPSA) is 117 Å². The van der Waals surface area contributed by atoms with Crippen LogP contribution >= 0.6 is 0 Å². The Kier molecular flexibility index (Phi) is 6.88. The third-order valence-corrected chi connectivity index (χ3v) is 7.82. The summed E-state index contributed by atoms with van der Waals surface area (Å²) in [7, 11) is 3.28. The first-order chi connectivity index (χ1) is 19.8. The van der Waals surface area contributed by atoms with Crippen molar-refractivity contribution in [1.82, 2.24) is 9.80 Å². The number of allylic oxidation sites excluding steroid dienone is 1. The molecule has 0 fully saturated rings. The van der Waals surface area contributed by atoms with Crippen LogP contribution in [0.15, 0.2) is 57.8 Å². The van der Waals surface area contributed by atoms with Crippen molar-refractivity contribution in [2.45, 2.75) is 51.9 Å². The van der Waals surface area contributed by atoms with Gasteiger partial charge in [0.1, 0.15) is 29.7 Å². The fraction of sp³-hybridized carbons (Fsp3) is 0.387. The Hall–Kier alpha value is -4.65. The fourth-order valence-electron chi connectivity index (χ4n) is 5.89. The van der Waals surface area contributed by atoms with E-state index < -0.39 is 23.1 Å². The maximum Gasteiger partial charge on any atom is 0.410 e. The lowest BCUT2D eigenvalue weighted by atomic mass is 9.79.